The van der Waals surface area contributed by atoms with Crippen LogP contribution in [-0.2, 0) is 11.2 Å². The van der Waals surface area contributed by atoms with Gasteiger partial charge in [0.1, 0.15) is 0 Å². The molecule has 0 radical (unpaired) electrons. The largest absolute Gasteiger partial charge is 0.481 e. The molecule has 0 aliphatic carbocycles. The van der Waals surface area contributed by atoms with Crippen LogP contribution in [0.4, 0.5) is 0 Å². The summed E-state index contributed by atoms with van der Waals surface area (Å²) < 4.78 is 0. The summed E-state index contributed by atoms with van der Waals surface area (Å²) in [6, 6.07) is 8.12. The predicted molar refractivity (Wildman–Crippen MR) is 91.6 cm³/mol. The smallest absolute Gasteiger partial charge is 0.307 e. The molecule has 1 fully saturated rings. The Morgan fingerprint density at radius 2 is 2.25 bits per heavy atom. The van der Waals surface area contributed by atoms with Crippen LogP contribution in [0.5, 0.6) is 0 Å². The van der Waals surface area contributed by atoms with Gasteiger partial charge in [-0.1, -0.05) is 6.07 Å². The van der Waals surface area contributed by atoms with Gasteiger partial charge in [-0.25, -0.2) is 0 Å². The molecule has 126 valence electrons. The third-order valence-corrected chi connectivity index (χ3v) is 4.79. The molecule has 1 N–H and O–H groups in total. The Kier molecular flexibility index (Phi) is 5.20. The lowest BCUT2D eigenvalue weighted by Gasteiger charge is -2.37. The van der Waals surface area contributed by atoms with Gasteiger partial charge in [0.25, 0.3) is 0 Å². The first-order valence-electron chi connectivity index (χ1n) is 8.42. The van der Waals surface area contributed by atoms with E-state index < -0.39 is 5.97 Å². The lowest BCUT2D eigenvalue weighted by atomic mass is 9.91. The van der Waals surface area contributed by atoms with Gasteiger partial charge >= 0.3 is 5.97 Å². The van der Waals surface area contributed by atoms with E-state index in [1.54, 1.807) is 0 Å². The molecule has 0 spiro atoms. The lowest BCUT2D eigenvalue weighted by Crippen LogP contribution is -2.41. The number of carboxylic acids is 1. The van der Waals surface area contributed by atoms with Crippen LogP contribution in [-0.4, -0.2) is 39.0 Å². The summed E-state index contributed by atoms with van der Waals surface area (Å²) in [6.45, 7) is 3.57. The molecule has 3 rings (SSSR count). The number of pyridine rings is 2. The minimum Gasteiger partial charge on any atom is -0.481 e. The Morgan fingerprint density at radius 3 is 2.96 bits per heavy atom. The van der Waals surface area contributed by atoms with Crippen molar-refractivity contribution in [1.29, 1.82) is 0 Å². The van der Waals surface area contributed by atoms with Crippen LogP contribution in [0.25, 0.3) is 0 Å². The van der Waals surface area contributed by atoms with Crippen LogP contribution >= 0.6 is 0 Å². The van der Waals surface area contributed by atoms with Gasteiger partial charge in [-0.2, -0.15) is 0 Å². The maximum absolute atomic E-state index is 11.4. The highest BCUT2D eigenvalue weighted by molar-refractivity contribution is 5.70. The fraction of sp³-hybridized carbons (Fsp3) is 0.421. The van der Waals surface area contributed by atoms with E-state index in [4.69, 9.17) is 0 Å². The second-order valence-electron chi connectivity index (χ2n) is 6.45. The van der Waals surface area contributed by atoms with Gasteiger partial charge in [-0.15, -0.1) is 0 Å². The molecule has 24 heavy (non-hydrogen) atoms. The summed E-state index contributed by atoms with van der Waals surface area (Å²) in [5.41, 5.74) is 3.37. The van der Waals surface area contributed by atoms with Gasteiger partial charge in [0, 0.05) is 43.3 Å². The Balaban J connectivity index is 1.90. The normalized spacial score (nSPS) is 19.8. The number of nitrogens with zero attached hydrogens (tertiary/aromatic N) is 3. The summed E-state index contributed by atoms with van der Waals surface area (Å²) in [5, 5.41) is 9.40. The number of aryl methyl sites for hydroxylation is 1. The Morgan fingerprint density at radius 1 is 1.38 bits per heavy atom. The number of likely N-dealkylation sites (tertiary alicyclic amines) is 1. The van der Waals surface area contributed by atoms with Crippen LogP contribution in [0, 0.1) is 12.8 Å². The zero-order valence-electron chi connectivity index (χ0n) is 13.9. The van der Waals surface area contributed by atoms with Gasteiger partial charge in [-0.3, -0.25) is 19.7 Å². The highest BCUT2D eigenvalue weighted by Crippen LogP contribution is 2.31. The second kappa shape index (κ2) is 7.53. The number of piperidine rings is 1. The van der Waals surface area contributed by atoms with Gasteiger partial charge < -0.3 is 5.11 Å². The van der Waals surface area contributed by atoms with Crippen molar-refractivity contribution in [1.82, 2.24) is 14.9 Å². The predicted octanol–water partition coefficient (Wildman–Crippen LogP) is 2.87. The monoisotopic (exact) mass is 325 g/mol. The molecular weight excluding hydrogens is 302 g/mol. The van der Waals surface area contributed by atoms with Crippen LogP contribution < -0.4 is 0 Å². The van der Waals surface area contributed by atoms with Crippen LogP contribution in [0.2, 0.25) is 0 Å². The number of carbonyl (C=O) groups is 1. The lowest BCUT2D eigenvalue weighted by molar-refractivity contribution is -0.144. The van der Waals surface area contributed by atoms with Crippen molar-refractivity contribution in [2.45, 2.75) is 32.2 Å². The van der Waals surface area contributed by atoms with Gasteiger partial charge in [0.05, 0.1) is 5.92 Å². The highest BCUT2D eigenvalue weighted by Gasteiger charge is 2.31. The number of aliphatic carboxylic acids is 1. The SMILES string of the molecule is Cc1cnccc1C(Cc1ccccn1)N1CCCC(C(=O)O)C1. The molecule has 0 saturated carbocycles. The molecular formula is C19H23N3O2. The minimum atomic E-state index is -0.692. The first kappa shape index (κ1) is 16.6. The second-order valence-corrected chi connectivity index (χ2v) is 6.45. The first-order valence-corrected chi connectivity index (χ1v) is 8.42. The molecule has 2 unspecified atom stereocenters. The van der Waals surface area contributed by atoms with E-state index in [1.165, 1.54) is 5.56 Å². The molecule has 5 nitrogen and oxygen atoms in total. The van der Waals surface area contributed by atoms with E-state index in [9.17, 15) is 9.90 Å². The van der Waals surface area contributed by atoms with Crippen molar-refractivity contribution >= 4 is 5.97 Å². The van der Waals surface area contributed by atoms with E-state index in [0.717, 1.165) is 37.1 Å². The van der Waals surface area contributed by atoms with Crippen molar-refractivity contribution < 1.29 is 9.90 Å². The standard InChI is InChI=1S/C19H23N3O2/c1-14-12-20-9-7-17(14)18(11-16-6-2-3-8-21-16)22-10-4-5-15(13-22)19(23)24/h2-3,6-9,12,15,18H,4-5,10-11,13H2,1H3,(H,23,24). The molecule has 1 aliphatic rings. The number of aromatic nitrogens is 2. The quantitative estimate of drug-likeness (QED) is 0.915. The van der Waals surface area contributed by atoms with Gasteiger partial charge in [0.15, 0.2) is 0 Å². The highest BCUT2D eigenvalue weighted by atomic mass is 16.4. The van der Waals surface area contributed by atoms with E-state index in [0.29, 0.717) is 6.54 Å². The third-order valence-electron chi connectivity index (χ3n) is 4.79. The van der Waals surface area contributed by atoms with Gasteiger partial charge in [0.2, 0.25) is 0 Å². The molecule has 3 heterocycles. The van der Waals surface area contributed by atoms with Crippen LogP contribution in [0.3, 0.4) is 0 Å². The number of hydrogen-bond acceptors (Lipinski definition) is 4. The van der Waals surface area contributed by atoms with Crippen LogP contribution in [0.15, 0.2) is 42.9 Å². The fourth-order valence-electron chi connectivity index (χ4n) is 3.50. The first-order chi connectivity index (χ1) is 11.6. The number of rotatable bonds is 5. The van der Waals surface area contributed by atoms with Crippen molar-refractivity contribution in [2.24, 2.45) is 5.92 Å². The molecule has 2 aromatic rings. The summed E-state index contributed by atoms with van der Waals surface area (Å²) >= 11 is 0. The Labute approximate surface area is 142 Å². The minimum absolute atomic E-state index is 0.130. The van der Waals surface area contributed by atoms with E-state index in [1.807, 2.05) is 42.9 Å². The van der Waals surface area contributed by atoms with Crippen molar-refractivity contribution in [3.05, 3.63) is 59.7 Å². The summed E-state index contributed by atoms with van der Waals surface area (Å²) in [6.07, 6.45) is 7.95. The van der Waals surface area contributed by atoms with Crippen LogP contribution in [0.1, 0.15) is 35.7 Å². The molecule has 0 bridgehead atoms. The topological polar surface area (TPSA) is 66.3 Å². The molecule has 0 amide bonds. The van der Waals surface area contributed by atoms with E-state index >= 15 is 0 Å². The Hall–Kier alpha value is -2.27. The van der Waals surface area contributed by atoms with Gasteiger partial charge in [-0.05, 0) is 55.6 Å². The molecule has 5 heteroatoms. The zero-order valence-corrected chi connectivity index (χ0v) is 13.9. The zero-order chi connectivity index (χ0) is 16.9. The van der Waals surface area contributed by atoms with E-state index in [2.05, 4.69) is 21.8 Å². The van der Waals surface area contributed by atoms with Crippen molar-refractivity contribution in [3.8, 4) is 0 Å². The third kappa shape index (κ3) is 3.79. The molecule has 1 aliphatic heterocycles. The maximum Gasteiger partial charge on any atom is 0.307 e. The number of hydrogen-bond donors (Lipinski definition) is 1. The fourth-order valence-corrected chi connectivity index (χ4v) is 3.50. The van der Waals surface area contributed by atoms with Crippen molar-refractivity contribution in [3.63, 3.8) is 0 Å². The summed E-state index contributed by atoms with van der Waals surface area (Å²) in [5.74, 6) is -0.977. The summed E-state index contributed by atoms with van der Waals surface area (Å²) in [4.78, 5) is 22.4. The average molecular weight is 325 g/mol. The Bertz CT molecular complexity index is 690. The van der Waals surface area contributed by atoms with E-state index in [-0.39, 0.29) is 12.0 Å². The number of carboxylic acid groups (broad SMARTS) is 1. The maximum atomic E-state index is 11.4. The van der Waals surface area contributed by atoms with Crippen molar-refractivity contribution in [2.75, 3.05) is 13.1 Å². The summed E-state index contributed by atoms with van der Waals surface area (Å²) in [7, 11) is 0. The molecule has 2 aromatic heterocycles. The molecule has 0 aromatic carbocycles. The average Bonchev–Trinajstić information content (AvgIpc) is 2.61. The molecule has 2 atom stereocenters. The molecule has 1 saturated heterocycles.